The molecular formula is C17H22O4S. The summed E-state index contributed by atoms with van der Waals surface area (Å²) < 4.78 is 14.8. The molecule has 0 aliphatic heterocycles. The summed E-state index contributed by atoms with van der Waals surface area (Å²) in [6.07, 6.45) is 1.23. The number of ether oxygens (including phenoxy) is 3. The first-order chi connectivity index (χ1) is 10.7. The van der Waals surface area contributed by atoms with E-state index in [-0.39, 0.29) is 6.29 Å². The molecule has 1 heterocycles. The summed E-state index contributed by atoms with van der Waals surface area (Å²) in [6.45, 7) is 2.27. The number of hydrogen-bond donors (Lipinski definition) is 0. The Hall–Kier alpha value is -1.69. The van der Waals surface area contributed by atoms with E-state index in [0.717, 1.165) is 17.6 Å². The minimum Gasteiger partial charge on any atom is -0.493 e. The van der Waals surface area contributed by atoms with Crippen LogP contribution in [-0.2, 0) is 14.3 Å². The van der Waals surface area contributed by atoms with Gasteiger partial charge in [0.25, 0.3) is 0 Å². The summed E-state index contributed by atoms with van der Waals surface area (Å²) in [5.41, 5.74) is 2.34. The minimum absolute atomic E-state index is 0.0648. The zero-order valence-electron chi connectivity index (χ0n) is 13.2. The van der Waals surface area contributed by atoms with Crippen LogP contribution in [0, 0.1) is 0 Å². The van der Waals surface area contributed by atoms with Gasteiger partial charge >= 0.3 is 0 Å². The lowest BCUT2D eigenvalue weighted by Crippen LogP contribution is -2.05. The van der Waals surface area contributed by atoms with E-state index < -0.39 is 0 Å². The molecule has 0 spiro atoms. The van der Waals surface area contributed by atoms with Gasteiger partial charge in [-0.25, -0.2) is 0 Å². The van der Waals surface area contributed by atoms with Crippen molar-refractivity contribution in [3.63, 3.8) is 0 Å². The predicted octanol–water partition coefficient (Wildman–Crippen LogP) is 4.01. The molecule has 0 saturated heterocycles. The summed E-state index contributed by atoms with van der Waals surface area (Å²) in [4.78, 5) is 10.2. The average molecular weight is 322 g/mol. The highest BCUT2D eigenvalue weighted by Gasteiger charge is 2.00. The first-order valence-corrected chi connectivity index (χ1v) is 7.90. The van der Waals surface area contributed by atoms with Crippen molar-refractivity contribution in [3.8, 4) is 16.9 Å². The lowest BCUT2D eigenvalue weighted by molar-refractivity contribution is -0.108. The van der Waals surface area contributed by atoms with Crippen LogP contribution in [0.15, 0.2) is 41.1 Å². The van der Waals surface area contributed by atoms with Crippen molar-refractivity contribution in [1.29, 1.82) is 0 Å². The van der Waals surface area contributed by atoms with Crippen LogP contribution in [0.4, 0.5) is 0 Å². The fourth-order valence-electron chi connectivity index (χ4n) is 1.52. The number of thiophene rings is 1. The van der Waals surface area contributed by atoms with E-state index in [0.29, 0.717) is 13.0 Å². The maximum atomic E-state index is 10.2. The van der Waals surface area contributed by atoms with Crippen molar-refractivity contribution in [1.82, 2.24) is 0 Å². The molecule has 0 saturated carbocycles. The number of carbonyl (C=O) groups excluding carboxylic acids is 1. The van der Waals surface area contributed by atoms with Crippen LogP contribution < -0.4 is 4.74 Å². The summed E-state index contributed by atoms with van der Waals surface area (Å²) in [5.74, 6) is 0.811. The molecule has 0 amide bonds. The molecule has 0 radical (unpaired) electrons. The Labute approximate surface area is 135 Å². The highest BCUT2D eigenvalue weighted by atomic mass is 32.1. The summed E-state index contributed by atoms with van der Waals surface area (Å²) >= 11 is 1.67. The van der Waals surface area contributed by atoms with Gasteiger partial charge in [-0.2, -0.15) is 11.3 Å². The van der Waals surface area contributed by atoms with Gasteiger partial charge in [-0.3, -0.25) is 0 Å². The van der Waals surface area contributed by atoms with E-state index >= 15 is 0 Å². The molecule has 1 aromatic heterocycles. The maximum absolute atomic E-state index is 10.2. The summed E-state index contributed by atoms with van der Waals surface area (Å²) in [7, 11) is 3.21. The van der Waals surface area contributed by atoms with Crippen molar-refractivity contribution >= 4 is 17.6 Å². The lowest BCUT2D eigenvalue weighted by Gasteiger charge is -2.05. The largest absolute Gasteiger partial charge is 0.493 e. The molecule has 2 rings (SSSR count). The van der Waals surface area contributed by atoms with Gasteiger partial charge in [-0.15, -0.1) is 0 Å². The number of methoxy groups -OCH3 is 2. The molecule has 2 aromatic rings. The Balaban J connectivity index is 0.000000346. The Bertz CT molecular complexity index is 521. The SMILES string of the molecule is COC(C)OC.O=CCCOc1cccc(-c2ccsc2)c1. The molecule has 0 N–H and O–H groups in total. The van der Waals surface area contributed by atoms with Gasteiger partial charge in [0.1, 0.15) is 12.0 Å². The Morgan fingerprint density at radius 3 is 2.50 bits per heavy atom. The summed E-state index contributed by atoms with van der Waals surface area (Å²) in [6, 6.07) is 9.99. The lowest BCUT2D eigenvalue weighted by atomic mass is 10.1. The standard InChI is InChI=1S/C13H12O2S.C4H10O2/c14-6-2-7-15-13-4-1-3-11(9-13)12-5-8-16-10-12;1-4(5-2)6-3/h1,3-6,8-10H,2,7H2;4H,1-3H3. The molecule has 22 heavy (non-hydrogen) atoms. The quantitative estimate of drug-likeness (QED) is 0.439. The van der Waals surface area contributed by atoms with Crippen molar-refractivity contribution in [2.24, 2.45) is 0 Å². The van der Waals surface area contributed by atoms with Crippen LogP contribution in [0.5, 0.6) is 5.75 Å². The second kappa shape index (κ2) is 11.0. The van der Waals surface area contributed by atoms with Crippen LogP contribution in [0.3, 0.4) is 0 Å². The van der Waals surface area contributed by atoms with E-state index in [1.165, 1.54) is 5.56 Å². The van der Waals surface area contributed by atoms with E-state index in [2.05, 4.69) is 32.4 Å². The van der Waals surface area contributed by atoms with Gasteiger partial charge in [-0.05, 0) is 47.0 Å². The van der Waals surface area contributed by atoms with E-state index in [1.54, 1.807) is 25.6 Å². The minimum atomic E-state index is -0.0648. The van der Waals surface area contributed by atoms with E-state index in [4.69, 9.17) is 4.74 Å². The van der Waals surface area contributed by atoms with Crippen LogP contribution in [0.1, 0.15) is 13.3 Å². The van der Waals surface area contributed by atoms with Gasteiger partial charge in [-0.1, -0.05) is 12.1 Å². The van der Waals surface area contributed by atoms with Crippen molar-refractivity contribution < 1.29 is 19.0 Å². The van der Waals surface area contributed by atoms with E-state index in [9.17, 15) is 4.79 Å². The summed E-state index contributed by atoms with van der Waals surface area (Å²) in [5, 5.41) is 4.15. The third-order valence-electron chi connectivity index (χ3n) is 2.86. The van der Waals surface area contributed by atoms with Gasteiger partial charge in [0, 0.05) is 20.6 Å². The first kappa shape index (κ1) is 18.4. The topological polar surface area (TPSA) is 44.8 Å². The molecule has 4 nitrogen and oxygen atoms in total. The predicted molar refractivity (Wildman–Crippen MR) is 89.4 cm³/mol. The molecule has 0 fully saturated rings. The van der Waals surface area contributed by atoms with Gasteiger partial charge in [0.15, 0.2) is 6.29 Å². The molecule has 5 heteroatoms. The molecule has 120 valence electrons. The molecule has 0 unspecified atom stereocenters. The molecule has 0 atom stereocenters. The first-order valence-electron chi connectivity index (χ1n) is 6.96. The van der Waals surface area contributed by atoms with Crippen LogP contribution in [0.25, 0.3) is 11.1 Å². The van der Waals surface area contributed by atoms with Crippen molar-refractivity contribution in [3.05, 3.63) is 41.1 Å². The highest BCUT2D eigenvalue weighted by Crippen LogP contribution is 2.25. The second-order valence-corrected chi connectivity index (χ2v) is 5.16. The number of aldehydes is 1. The average Bonchev–Trinajstić information content (AvgIpc) is 3.10. The fourth-order valence-corrected chi connectivity index (χ4v) is 2.18. The Kier molecular flexibility index (Phi) is 9.14. The number of rotatable bonds is 7. The van der Waals surface area contributed by atoms with Gasteiger partial charge < -0.3 is 19.0 Å². The smallest absolute Gasteiger partial charge is 0.154 e. The molecule has 0 bridgehead atoms. The molecule has 0 aliphatic rings. The highest BCUT2D eigenvalue weighted by molar-refractivity contribution is 7.08. The monoisotopic (exact) mass is 322 g/mol. The fraction of sp³-hybridized carbons (Fsp3) is 0.353. The molecule has 0 aliphatic carbocycles. The third-order valence-corrected chi connectivity index (χ3v) is 3.54. The van der Waals surface area contributed by atoms with Gasteiger partial charge in [0.05, 0.1) is 6.61 Å². The van der Waals surface area contributed by atoms with E-state index in [1.807, 2.05) is 25.1 Å². The van der Waals surface area contributed by atoms with Crippen LogP contribution >= 0.6 is 11.3 Å². The maximum Gasteiger partial charge on any atom is 0.154 e. The Morgan fingerprint density at radius 2 is 1.95 bits per heavy atom. The zero-order chi connectivity index (χ0) is 16.2. The number of carbonyl (C=O) groups is 1. The van der Waals surface area contributed by atoms with Crippen LogP contribution in [0.2, 0.25) is 0 Å². The van der Waals surface area contributed by atoms with Crippen LogP contribution in [-0.4, -0.2) is 33.4 Å². The number of benzene rings is 1. The van der Waals surface area contributed by atoms with Crippen molar-refractivity contribution in [2.75, 3.05) is 20.8 Å². The number of hydrogen-bond acceptors (Lipinski definition) is 5. The normalized spacial score (nSPS) is 10.0. The second-order valence-electron chi connectivity index (χ2n) is 4.38. The van der Waals surface area contributed by atoms with Crippen molar-refractivity contribution in [2.45, 2.75) is 19.6 Å². The molecule has 1 aromatic carbocycles. The van der Waals surface area contributed by atoms with Gasteiger partial charge in [0.2, 0.25) is 0 Å². The Morgan fingerprint density at radius 1 is 1.18 bits per heavy atom. The zero-order valence-corrected chi connectivity index (χ0v) is 14.0. The third kappa shape index (κ3) is 6.85. The molecular weight excluding hydrogens is 300 g/mol.